The van der Waals surface area contributed by atoms with E-state index in [1.807, 2.05) is 0 Å². The van der Waals surface area contributed by atoms with Crippen LogP contribution in [0.25, 0.3) is 0 Å². The Labute approximate surface area is 74.4 Å². The smallest absolute Gasteiger partial charge is 0.325 e. The standard InChI is InChI=1S/C8H12N2O3/c1-3-5(11)6-4(2)7(12)10-8(13)9-6/h5,11H,3H2,1-2H3,(H2,9,10,12,13). The Kier molecular flexibility index (Phi) is 2.67. The van der Waals surface area contributed by atoms with Crippen molar-refractivity contribution in [3.8, 4) is 0 Å². The highest BCUT2D eigenvalue weighted by atomic mass is 16.3. The molecule has 5 nitrogen and oxygen atoms in total. The third-order valence-corrected chi connectivity index (χ3v) is 1.94. The molecule has 0 aliphatic carbocycles. The molecule has 0 aliphatic rings. The van der Waals surface area contributed by atoms with Crippen molar-refractivity contribution in [2.24, 2.45) is 0 Å². The average Bonchev–Trinajstić information content (AvgIpc) is 2.10. The number of hydrogen-bond donors (Lipinski definition) is 3. The van der Waals surface area contributed by atoms with Crippen LogP contribution in [-0.4, -0.2) is 15.1 Å². The van der Waals surface area contributed by atoms with Crippen LogP contribution in [-0.2, 0) is 0 Å². The molecular formula is C8H12N2O3. The summed E-state index contributed by atoms with van der Waals surface area (Å²) in [4.78, 5) is 26.4. The molecule has 1 rings (SSSR count). The molecule has 72 valence electrons. The van der Waals surface area contributed by atoms with Crippen molar-refractivity contribution in [1.82, 2.24) is 9.97 Å². The fourth-order valence-electron chi connectivity index (χ4n) is 1.10. The van der Waals surface area contributed by atoms with E-state index in [-0.39, 0.29) is 0 Å². The third kappa shape index (κ3) is 1.86. The van der Waals surface area contributed by atoms with Gasteiger partial charge in [0.2, 0.25) is 0 Å². The van der Waals surface area contributed by atoms with Crippen molar-refractivity contribution in [2.45, 2.75) is 26.4 Å². The molecular weight excluding hydrogens is 172 g/mol. The van der Waals surface area contributed by atoms with E-state index in [9.17, 15) is 14.7 Å². The van der Waals surface area contributed by atoms with E-state index in [0.29, 0.717) is 17.7 Å². The number of hydrogen-bond acceptors (Lipinski definition) is 3. The van der Waals surface area contributed by atoms with Crippen LogP contribution in [0.4, 0.5) is 0 Å². The minimum absolute atomic E-state index is 0.302. The zero-order valence-electron chi connectivity index (χ0n) is 7.55. The molecule has 1 aromatic heterocycles. The van der Waals surface area contributed by atoms with E-state index >= 15 is 0 Å². The fraction of sp³-hybridized carbons (Fsp3) is 0.500. The Balaban J connectivity index is 3.37. The topological polar surface area (TPSA) is 85.9 Å². The van der Waals surface area contributed by atoms with Crippen molar-refractivity contribution < 1.29 is 5.11 Å². The summed E-state index contributed by atoms with van der Waals surface area (Å²) in [6.45, 7) is 3.33. The van der Waals surface area contributed by atoms with Gasteiger partial charge in [0, 0.05) is 5.56 Å². The van der Waals surface area contributed by atoms with Gasteiger partial charge < -0.3 is 10.1 Å². The summed E-state index contributed by atoms with van der Waals surface area (Å²) in [5.41, 5.74) is -0.380. The van der Waals surface area contributed by atoms with Gasteiger partial charge in [-0.05, 0) is 13.3 Å². The monoisotopic (exact) mass is 184 g/mol. The number of aliphatic hydroxyl groups excluding tert-OH is 1. The zero-order chi connectivity index (χ0) is 10.0. The van der Waals surface area contributed by atoms with Gasteiger partial charge in [0.25, 0.3) is 5.56 Å². The summed E-state index contributed by atoms with van der Waals surface area (Å²) in [5, 5.41) is 9.44. The number of aromatic nitrogens is 2. The lowest BCUT2D eigenvalue weighted by molar-refractivity contribution is 0.167. The van der Waals surface area contributed by atoms with Crippen LogP contribution < -0.4 is 11.2 Å². The summed E-state index contributed by atoms with van der Waals surface area (Å²) in [5.74, 6) is 0. The van der Waals surface area contributed by atoms with E-state index in [0.717, 1.165) is 0 Å². The molecule has 1 atom stereocenters. The Morgan fingerprint density at radius 2 is 2.00 bits per heavy atom. The van der Waals surface area contributed by atoms with E-state index in [1.165, 1.54) is 0 Å². The summed E-state index contributed by atoms with van der Waals surface area (Å²) < 4.78 is 0. The van der Waals surface area contributed by atoms with Gasteiger partial charge >= 0.3 is 5.69 Å². The van der Waals surface area contributed by atoms with Gasteiger partial charge in [-0.15, -0.1) is 0 Å². The van der Waals surface area contributed by atoms with Crippen LogP contribution in [0.15, 0.2) is 9.59 Å². The lowest BCUT2D eigenvalue weighted by Crippen LogP contribution is -2.27. The average molecular weight is 184 g/mol. The molecule has 1 heterocycles. The lowest BCUT2D eigenvalue weighted by Gasteiger charge is -2.09. The molecule has 1 aromatic rings. The van der Waals surface area contributed by atoms with Crippen LogP contribution in [0.5, 0.6) is 0 Å². The van der Waals surface area contributed by atoms with Gasteiger partial charge in [-0.1, -0.05) is 6.92 Å². The molecule has 0 saturated carbocycles. The third-order valence-electron chi connectivity index (χ3n) is 1.94. The van der Waals surface area contributed by atoms with E-state index in [2.05, 4.69) is 9.97 Å². The molecule has 0 spiro atoms. The summed E-state index contributed by atoms with van der Waals surface area (Å²) in [7, 11) is 0. The highest BCUT2D eigenvalue weighted by Gasteiger charge is 2.11. The number of rotatable bonds is 2. The van der Waals surface area contributed by atoms with Crippen LogP contribution >= 0.6 is 0 Å². The van der Waals surface area contributed by atoms with Crippen molar-refractivity contribution >= 4 is 0 Å². The number of nitrogens with one attached hydrogen (secondary N) is 2. The van der Waals surface area contributed by atoms with E-state index in [1.54, 1.807) is 13.8 Å². The first kappa shape index (κ1) is 9.73. The van der Waals surface area contributed by atoms with Gasteiger partial charge in [0.05, 0.1) is 11.8 Å². The Bertz CT molecular complexity index is 405. The first-order chi connectivity index (χ1) is 6.06. The van der Waals surface area contributed by atoms with Gasteiger partial charge in [0.1, 0.15) is 0 Å². The highest BCUT2D eigenvalue weighted by Crippen LogP contribution is 2.12. The number of aliphatic hydroxyl groups is 1. The minimum Gasteiger partial charge on any atom is -0.387 e. The Morgan fingerprint density at radius 1 is 1.38 bits per heavy atom. The molecule has 0 aromatic carbocycles. The first-order valence-corrected chi connectivity index (χ1v) is 4.07. The molecule has 0 saturated heterocycles. The fourth-order valence-corrected chi connectivity index (χ4v) is 1.10. The lowest BCUT2D eigenvalue weighted by atomic mass is 10.1. The second-order valence-electron chi connectivity index (χ2n) is 2.87. The Morgan fingerprint density at radius 3 is 2.54 bits per heavy atom. The largest absolute Gasteiger partial charge is 0.387 e. The maximum atomic E-state index is 11.1. The van der Waals surface area contributed by atoms with Crippen LogP contribution in [0.2, 0.25) is 0 Å². The van der Waals surface area contributed by atoms with Gasteiger partial charge in [-0.2, -0.15) is 0 Å². The molecule has 0 fully saturated rings. The number of aromatic amines is 2. The van der Waals surface area contributed by atoms with E-state index < -0.39 is 17.4 Å². The second-order valence-corrected chi connectivity index (χ2v) is 2.87. The quantitative estimate of drug-likeness (QED) is 0.595. The molecule has 1 unspecified atom stereocenters. The molecule has 0 aliphatic heterocycles. The predicted octanol–water partition coefficient (Wildman–Crippen LogP) is -0.185. The number of H-pyrrole nitrogens is 2. The normalized spacial score (nSPS) is 12.8. The van der Waals surface area contributed by atoms with Crippen LogP contribution in [0, 0.1) is 6.92 Å². The summed E-state index contributed by atoms with van der Waals surface area (Å²) >= 11 is 0. The van der Waals surface area contributed by atoms with Gasteiger partial charge in [0.15, 0.2) is 0 Å². The molecule has 5 heteroatoms. The summed E-state index contributed by atoms with van der Waals surface area (Å²) in [6.07, 6.45) is -0.324. The molecule has 0 bridgehead atoms. The van der Waals surface area contributed by atoms with Crippen molar-refractivity contribution in [3.63, 3.8) is 0 Å². The van der Waals surface area contributed by atoms with E-state index in [4.69, 9.17) is 0 Å². The van der Waals surface area contributed by atoms with Crippen molar-refractivity contribution in [3.05, 3.63) is 32.1 Å². The molecule has 13 heavy (non-hydrogen) atoms. The maximum absolute atomic E-state index is 11.1. The Hall–Kier alpha value is -1.36. The summed E-state index contributed by atoms with van der Waals surface area (Å²) in [6, 6.07) is 0. The predicted molar refractivity (Wildman–Crippen MR) is 47.7 cm³/mol. The maximum Gasteiger partial charge on any atom is 0.325 e. The second kappa shape index (κ2) is 3.57. The van der Waals surface area contributed by atoms with Gasteiger partial charge in [-0.25, -0.2) is 4.79 Å². The first-order valence-electron chi connectivity index (χ1n) is 4.07. The molecule has 0 radical (unpaired) electrons. The van der Waals surface area contributed by atoms with Crippen LogP contribution in [0.1, 0.15) is 30.7 Å². The zero-order valence-corrected chi connectivity index (χ0v) is 7.55. The van der Waals surface area contributed by atoms with Crippen molar-refractivity contribution in [1.29, 1.82) is 0 Å². The minimum atomic E-state index is -0.782. The molecule has 0 amide bonds. The highest BCUT2D eigenvalue weighted by molar-refractivity contribution is 5.16. The van der Waals surface area contributed by atoms with Crippen molar-refractivity contribution in [2.75, 3.05) is 0 Å². The molecule has 3 N–H and O–H groups in total. The van der Waals surface area contributed by atoms with Gasteiger partial charge in [-0.3, -0.25) is 9.78 Å². The SMILES string of the molecule is CCC(O)c1[nH]c(=O)[nH]c(=O)c1C. The van der Waals surface area contributed by atoms with Crippen LogP contribution in [0.3, 0.4) is 0 Å².